The van der Waals surface area contributed by atoms with E-state index in [4.69, 9.17) is 9.47 Å². The SMILES string of the molecule is COc1ccc([N+](=O)[O-])cc1OC1CC(Br)C1(C)C. The molecule has 104 valence electrons. The molecule has 1 saturated carbocycles. The van der Waals surface area contributed by atoms with Crippen molar-refractivity contribution < 1.29 is 14.4 Å². The summed E-state index contributed by atoms with van der Waals surface area (Å²) >= 11 is 3.59. The van der Waals surface area contributed by atoms with Crippen LogP contribution in [0.5, 0.6) is 11.5 Å². The Hall–Kier alpha value is -1.30. The second kappa shape index (κ2) is 5.00. The number of non-ortho nitro benzene ring substituents is 1. The van der Waals surface area contributed by atoms with Crippen LogP contribution in [0.25, 0.3) is 0 Å². The van der Waals surface area contributed by atoms with Crippen molar-refractivity contribution >= 4 is 21.6 Å². The molecule has 0 aliphatic heterocycles. The van der Waals surface area contributed by atoms with Crippen molar-refractivity contribution in [2.24, 2.45) is 5.41 Å². The van der Waals surface area contributed by atoms with Crippen LogP contribution in [0.3, 0.4) is 0 Å². The summed E-state index contributed by atoms with van der Waals surface area (Å²) in [5.74, 6) is 0.939. The molecule has 6 heteroatoms. The highest BCUT2D eigenvalue weighted by Gasteiger charge is 2.48. The van der Waals surface area contributed by atoms with Gasteiger partial charge in [-0.2, -0.15) is 0 Å². The molecular formula is C13H16BrNO4. The molecule has 1 fully saturated rings. The fourth-order valence-electron chi connectivity index (χ4n) is 2.06. The van der Waals surface area contributed by atoms with Crippen LogP contribution in [0.4, 0.5) is 5.69 Å². The van der Waals surface area contributed by atoms with E-state index in [1.54, 1.807) is 6.07 Å². The lowest BCUT2D eigenvalue weighted by Gasteiger charge is -2.48. The Morgan fingerprint density at radius 2 is 2.11 bits per heavy atom. The number of ether oxygens (including phenoxy) is 2. The average Bonchev–Trinajstić information content (AvgIpc) is 2.38. The summed E-state index contributed by atoms with van der Waals surface area (Å²) in [5.41, 5.74) is -0.00126. The fraction of sp³-hybridized carbons (Fsp3) is 0.538. The predicted molar refractivity (Wildman–Crippen MR) is 75.2 cm³/mol. The summed E-state index contributed by atoms with van der Waals surface area (Å²) in [6.45, 7) is 4.20. The van der Waals surface area contributed by atoms with Crippen LogP contribution in [-0.2, 0) is 0 Å². The van der Waals surface area contributed by atoms with Gasteiger partial charge in [0.25, 0.3) is 5.69 Å². The first-order valence-corrected chi connectivity index (χ1v) is 6.91. The standard InChI is InChI=1S/C13H16BrNO4/c1-13(2)11(14)7-12(13)19-10-6-8(15(16)17)4-5-9(10)18-3/h4-6,11-12H,7H2,1-3H3. The molecule has 1 aliphatic rings. The molecule has 19 heavy (non-hydrogen) atoms. The number of nitro benzene ring substituents is 1. The van der Waals surface area contributed by atoms with Crippen LogP contribution in [0.2, 0.25) is 0 Å². The van der Waals surface area contributed by atoms with Crippen LogP contribution < -0.4 is 9.47 Å². The molecule has 1 aromatic carbocycles. The molecule has 0 aromatic heterocycles. The smallest absolute Gasteiger partial charge is 0.273 e. The Morgan fingerprint density at radius 1 is 1.42 bits per heavy atom. The molecule has 0 radical (unpaired) electrons. The van der Waals surface area contributed by atoms with Gasteiger partial charge < -0.3 is 9.47 Å². The summed E-state index contributed by atoms with van der Waals surface area (Å²) in [4.78, 5) is 10.8. The number of nitro groups is 1. The largest absolute Gasteiger partial charge is 0.493 e. The highest BCUT2D eigenvalue weighted by atomic mass is 79.9. The molecule has 1 aliphatic carbocycles. The zero-order valence-corrected chi connectivity index (χ0v) is 12.6. The van der Waals surface area contributed by atoms with Crippen molar-refractivity contribution in [3.63, 3.8) is 0 Å². The minimum absolute atomic E-state index is 0.00308. The first kappa shape index (κ1) is 14.1. The van der Waals surface area contributed by atoms with E-state index < -0.39 is 4.92 Å². The van der Waals surface area contributed by atoms with E-state index in [1.807, 2.05) is 0 Å². The minimum atomic E-state index is -0.439. The fourth-order valence-corrected chi connectivity index (χ4v) is 2.70. The highest BCUT2D eigenvalue weighted by Crippen LogP contribution is 2.48. The van der Waals surface area contributed by atoms with Crippen molar-refractivity contribution in [2.45, 2.75) is 31.2 Å². The lowest BCUT2D eigenvalue weighted by atomic mass is 9.69. The third-order valence-electron chi connectivity index (χ3n) is 3.69. The number of alkyl halides is 1. The van der Waals surface area contributed by atoms with Crippen molar-refractivity contribution in [1.82, 2.24) is 0 Å². The lowest BCUT2D eigenvalue weighted by Crippen LogP contribution is -2.53. The van der Waals surface area contributed by atoms with Gasteiger partial charge in [-0.05, 0) is 12.5 Å². The first-order valence-electron chi connectivity index (χ1n) is 5.99. The summed E-state index contributed by atoms with van der Waals surface area (Å²) < 4.78 is 11.1. The monoisotopic (exact) mass is 329 g/mol. The van der Waals surface area contributed by atoms with Gasteiger partial charge in [-0.3, -0.25) is 10.1 Å². The van der Waals surface area contributed by atoms with Gasteiger partial charge in [0.15, 0.2) is 11.5 Å². The number of hydrogen-bond acceptors (Lipinski definition) is 4. The number of methoxy groups -OCH3 is 1. The van der Waals surface area contributed by atoms with E-state index in [2.05, 4.69) is 29.8 Å². The quantitative estimate of drug-likeness (QED) is 0.481. The van der Waals surface area contributed by atoms with Gasteiger partial charge in [0.2, 0.25) is 0 Å². The van der Waals surface area contributed by atoms with Crippen molar-refractivity contribution in [3.8, 4) is 11.5 Å². The molecule has 1 aromatic rings. The summed E-state index contributed by atoms with van der Waals surface area (Å²) in [6.07, 6.45) is 0.895. The first-order chi connectivity index (χ1) is 8.86. The van der Waals surface area contributed by atoms with Crippen LogP contribution in [0.15, 0.2) is 18.2 Å². The molecule has 0 amide bonds. The van der Waals surface area contributed by atoms with Crippen LogP contribution in [0.1, 0.15) is 20.3 Å². The van der Waals surface area contributed by atoms with Gasteiger partial charge in [-0.25, -0.2) is 0 Å². The molecular weight excluding hydrogens is 314 g/mol. The molecule has 5 nitrogen and oxygen atoms in total. The molecule has 2 rings (SSSR count). The maximum absolute atomic E-state index is 10.8. The van der Waals surface area contributed by atoms with Gasteiger partial charge >= 0.3 is 0 Å². The zero-order valence-electron chi connectivity index (χ0n) is 11.1. The molecule has 0 saturated heterocycles. The van der Waals surface area contributed by atoms with Crippen molar-refractivity contribution in [1.29, 1.82) is 0 Å². The van der Waals surface area contributed by atoms with E-state index >= 15 is 0 Å². The Bertz CT molecular complexity index is 503. The number of nitrogens with zero attached hydrogens (tertiary/aromatic N) is 1. The Labute approximate surface area is 120 Å². The molecule has 2 atom stereocenters. The van der Waals surface area contributed by atoms with Gasteiger partial charge in [-0.15, -0.1) is 0 Å². The minimum Gasteiger partial charge on any atom is -0.493 e. The zero-order chi connectivity index (χ0) is 14.2. The second-order valence-corrected chi connectivity index (χ2v) is 6.33. The lowest BCUT2D eigenvalue weighted by molar-refractivity contribution is -0.385. The number of halogens is 1. The molecule has 0 N–H and O–H groups in total. The molecule has 0 heterocycles. The Kier molecular flexibility index (Phi) is 3.71. The van der Waals surface area contributed by atoms with E-state index in [1.165, 1.54) is 19.2 Å². The van der Waals surface area contributed by atoms with E-state index in [0.29, 0.717) is 16.3 Å². The van der Waals surface area contributed by atoms with Gasteiger partial charge in [0.1, 0.15) is 6.10 Å². The van der Waals surface area contributed by atoms with Crippen molar-refractivity contribution in [2.75, 3.05) is 7.11 Å². The maximum Gasteiger partial charge on any atom is 0.273 e. The second-order valence-electron chi connectivity index (χ2n) is 5.22. The summed E-state index contributed by atoms with van der Waals surface area (Å²) in [7, 11) is 1.52. The Balaban J connectivity index is 2.24. The van der Waals surface area contributed by atoms with Gasteiger partial charge in [0, 0.05) is 16.3 Å². The predicted octanol–water partition coefficient (Wildman–Crippen LogP) is 3.54. The third kappa shape index (κ3) is 2.54. The van der Waals surface area contributed by atoms with E-state index in [9.17, 15) is 10.1 Å². The molecule has 0 bridgehead atoms. The summed E-state index contributed by atoms with van der Waals surface area (Å²) in [6, 6.07) is 4.38. The summed E-state index contributed by atoms with van der Waals surface area (Å²) in [5, 5.41) is 10.8. The molecule has 2 unspecified atom stereocenters. The molecule has 0 spiro atoms. The van der Waals surface area contributed by atoms with Crippen molar-refractivity contribution in [3.05, 3.63) is 28.3 Å². The van der Waals surface area contributed by atoms with E-state index in [-0.39, 0.29) is 17.2 Å². The average molecular weight is 330 g/mol. The maximum atomic E-state index is 10.8. The van der Waals surface area contributed by atoms with Gasteiger partial charge in [0.05, 0.1) is 18.1 Å². The van der Waals surface area contributed by atoms with Crippen LogP contribution in [0, 0.1) is 15.5 Å². The number of benzene rings is 1. The normalized spacial score (nSPS) is 24.4. The number of hydrogen-bond donors (Lipinski definition) is 0. The number of rotatable bonds is 4. The topological polar surface area (TPSA) is 61.6 Å². The van der Waals surface area contributed by atoms with E-state index in [0.717, 1.165) is 6.42 Å². The Morgan fingerprint density at radius 3 is 2.58 bits per heavy atom. The highest BCUT2D eigenvalue weighted by molar-refractivity contribution is 9.09. The van der Waals surface area contributed by atoms with Gasteiger partial charge in [-0.1, -0.05) is 29.8 Å². The third-order valence-corrected chi connectivity index (χ3v) is 5.24. The van der Waals surface area contributed by atoms with Crippen LogP contribution >= 0.6 is 15.9 Å². The van der Waals surface area contributed by atoms with Crippen LogP contribution in [-0.4, -0.2) is 23.0 Å².